The molecule has 0 saturated carbocycles. The van der Waals surface area contributed by atoms with Crippen molar-refractivity contribution in [2.24, 2.45) is 0 Å². The Morgan fingerprint density at radius 3 is 1.53 bits per heavy atom. The summed E-state index contributed by atoms with van der Waals surface area (Å²) < 4.78 is 89.2. The predicted molar refractivity (Wildman–Crippen MR) is 240 cm³/mol. The molecule has 64 heavy (non-hydrogen) atoms. The van der Waals surface area contributed by atoms with Crippen molar-refractivity contribution in [3.8, 4) is 56.9 Å². The minimum absolute atomic E-state index is 0.0450. The number of para-hydroxylation sites is 2. The van der Waals surface area contributed by atoms with Crippen molar-refractivity contribution in [3.05, 3.63) is 191 Å². The third kappa shape index (κ3) is 6.54. The molecule has 0 unspecified atom stereocenters. The van der Waals surface area contributed by atoms with Crippen molar-refractivity contribution in [1.82, 2.24) is 9.13 Å². The van der Waals surface area contributed by atoms with Crippen LogP contribution in [-0.2, 0) is 12.4 Å². The van der Waals surface area contributed by atoms with Crippen molar-refractivity contribution >= 4 is 43.6 Å². The van der Waals surface area contributed by atoms with Gasteiger partial charge in [0.25, 0.3) is 0 Å². The molecule has 0 radical (unpaired) electrons. The SMILES string of the molecule is Cc1ccc(-c2ccc3c4ccccc4n(-c4cc(C#N)cc(-n5c6ccccc6c6ccc(-c7ccc(C(F)(F)F)cc7C(F)(F)F)cc65)c4-c4cccc(C#N)c4)c3c2)c(C)c1. The van der Waals surface area contributed by atoms with Gasteiger partial charge in [-0.05, 0) is 108 Å². The Morgan fingerprint density at radius 1 is 0.438 bits per heavy atom. The maximum Gasteiger partial charge on any atom is 0.417 e. The van der Waals surface area contributed by atoms with Crippen LogP contribution in [0.2, 0.25) is 0 Å². The van der Waals surface area contributed by atoms with Crippen LogP contribution in [-0.4, -0.2) is 9.13 Å². The molecule has 0 amide bonds. The standard InChI is InChI=1S/C54H32F6N4/c1-31-14-18-39(32(2)22-31)35-15-19-43-41-10-3-5-12-46(41)63(48(43)26-35)50-24-34(30-62)25-51(52(50)37-9-7-8-33(23-37)29-61)64-47-13-6-4-11-42(47)44-20-16-36(27-49(44)64)40-21-17-38(53(55,56)57)28-45(40)54(58,59)60/h3-28H,1-2H3. The lowest BCUT2D eigenvalue weighted by Gasteiger charge is -2.21. The molecular weight excluding hydrogens is 819 g/mol. The lowest BCUT2D eigenvalue weighted by molar-refractivity contribution is -0.142. The number of aryl methyl sites for hydroxylation is 2. The summed E-state index contributed by atoms with van der Waals surface area (Å²) in [6.07, 6.45) is -10.1. The lowest BCUT2D eigenvalue weighted by atomic mass is 9.95. The molecule has 0 bridgehead atoms. The first kappa shape index (κ1) is 40.0. The van der Waals surface area contributed by atoms with Crippen LogP contribution in [0.15, 0.2) is 158 Å². The molecule has 10 rings (SSSR count). The second kappa shape index (κ2) is 14.8. The van der Waals surface area contributed by atoms with Gasteiger partial charge in [0.05, 0.1) is 67.8 Å². The highest BCUT2D eigenvalue weighted by Gasteiger charge is 2.38. The van der Waals surface area contributed by atoms with E-state index in [1.165, 1.54) is 6.07 Å². The van der Waals surface area contributed by atoms with Gasteiger partial charge in [-0.3, -0.25) is 0 Å². The van der Waals surface area contributed by atoms with Crippen molar-refractivity contribution in [3.63, 3.8) is 0 Å². The Labute approximate surface area is 362 Å². The molecule has 0 aliphatic carbocycles. The zero-order chi connectivity index (χ0) is 44.7. The maximum atomic E-state index is 14.6. The van der Waals surface area contributed by atoms with E-state index in [0.29, 0.717) is 50.6 Å². The van der Waals surface area contributed by atoms with Gasteiger partial charge in [0, 0.05) is 27.1 Å². The normalized spacial score (nSPS) is 12.0. The van der Waals surface area contributed by atoms with Gasteiger partial charge in [0.1, 0.15) is 0 Å². The average Bonchev–Trinajstić information content (AvgIpc) is 3.79. The van der Waals surface area contributed by atoms with Crippen LogP contribution >= 0.6 is 0 Å². The fourth-order valence-corrected chi connectivity index (χ4v) is 9.21. The first-order valence-corrected chi connectivity index (χ1v) is 20.3. The molecule has 2 aromatic heterocycles. The third-order valence-corrected chi connectivity index (χ3v) is 12.0. The van der Waals surface area contributed by atoms with Crippen molar-refractivity contribution in [1.29, 1.82) is 10.5 Å². The van der Waals surface area contributed by atoms with Gasteiger partial charge in [-0.1, -0.05) is 103 Å². The minimum atomic E-state index is -5.10. The van der Waals surface area contributed by atoms with E-state index in [1.807, 2.05) is 72.2 Å². The molecule has 0 N–H and O–H groups in total. The highest BCUT2D eigenvalue weighted by Crippen LogP contribution is 2.46. The van der Waals surface area contributed by atoms with Gasteiger partial charge in [-0.2, -0.15) is 36.9 Å². The molecule has 0 fully saturated rings. The van der Waals surface area contributed by atoms with Gasteiger partial charge in [0.2, 0.25) is 0 Å². The van der Waals surface area contributed by atoms with E-state index in [4.69, 9.17) is 0 Å². The fourth-order valence-electron chi connectivity index (χ4n) is 9.21. The van der Waals surface area contributed by atoms with E-state index in [2.05, 4.69) is 60.0 Å². The molecule has 10 aromatic rings. The summed E-state index contributed by atoms with van der Waals surface area (Å²) in [5, 5.41) is 24.3. The maximum absolute atomic E-state index is 14.6. The van der Waals surface area contributed by atoms with Gasteiger partial charge in [0.15, 0.2) is 0 Å². The highest BCUT2D eigenvalue weighted by atomic mass is 19.4. The number of fused-ring (bicyclic) bond motifs is 6. The number of rotatable bonds is 5. The Bertz CT molecular complexity index is 3650. The number of alkyl halides is 6. The van der Waals surface area contributed by atoms with Crippen molar-refractivity contribution < 1.29 is 26.3 Å². The monoisotopic (exact) mass is 850 g/mol. The van der Waals surface area contributed by atoms with Crippen molar-refractivity contribution in [2.45, 2.75) is 26.2 Å². The van der Waals surface area contributed by atoms with Crippen molar-refractivity contribution in [2.75, 3.05) is 0 Å². The van der Waals surface area contributed by atoms with Crippen LogP contribution in [0.5, 0.6) is 0 Å². The second-order valence-electron chi connectivity index (χ2n) is 15.9. The topological polar surface area (TPSA) is 57.4 Å². The Hall–Kier alpha value is -8.08. The van der Waals surface area contributed by atoms with Crippen LogP contribution in [0.1, 0.15) is 33.4 Å². The quantitative estimate of drug-likeness (QED) is 0.162. The average molecular weight is 851 g/mol. The molecule has 0 aliphatic rings. The molecule has 10 heteroatoms. The summed E-state index contributed by atoms with van der Waals surface area (Å²) in [5.41, 5.74) is 6.91. The van der Waals surface area contributed by atoms with Crippen LogP contribution in [0.4, 0.5) is 26.3 Å². The molecule has 0 saturated heterocycles. The highest BCUT2D eigenvalue weighted by molar-refractivity contribution is 6.13. The molecular formula is C54H32F6N4. The predicted octanol–water partition coefficient (Wildman–Crippen LogP) is 15.3. The summed E-state index contributed by atoms with van der Waals surface area (Å²) in [7, 11) is 0. The number of hydrogen-bond donors (Lipinski definition) is 0. The molecule has 8 aromatic carbocycles. The molecule has 2 heterocycles. The zero-order valence-electron chi connectivity index (χ0n) is 34.1. The summed E-state index contributed by atoms with van der Waals surface area (Å²) in [5.74, 6) is 0. The van der Waals surface area contributed by atoms with E-state index >= 15 is 0 Å². The summed E-state index contributed by atoms with van der Waals surface area (Å²) >= 11 is 0. The van der Waals surface area contributed by atoms with E-state index in [9.17, 15) is 36.9 Å². The molecule has 0 spiro atoms. The first-order valence-electron chi connectivity index (χ1n) is 20.3. The van der Waals surface area contributed by atoms with E-state index in [0.717, 1.165) is 55.5 Å². The second-order valence-corrected chi connectivity index (χ2v) is 15.9. The largest absolute Gasteiger partial charge is 0.417 e. The lowest BCUT2D eigenvalue weighted by Crippen LogP contribution is -2.12. The summed E-state index contributed by atoms with van der Waals surface area (Å²) in [4.78, 5) is 0. The number of benzene rings is 8. The van der Waals surface area contributed by atoms with E-state index in [1.54, 1.807) is 36.4 Å². The molecule has 4 nitrogen and oxygen atoms in total. The number of halogens is 6. The molecule has 0 aliphatic heterocycles. The van der Waals surface area contributed by atoms with Crippen LogP contribution < -0.4 is 0 Å². The Morgan fingerprint density at radius 2 is 0.984 bits per heavy atom. The zero-order valence-corrected chi connectivity index (χ0v) is 34.1. The van der Waals surface area contributed by atoms with E-state index < -0.39 is 29.0 Å². The Kier molecular flexibility index (Phi) is 9.25. The number of nitrogens with zero attached hydrogens (tertiary/aromatic N) is 4. The van der Waals surface area contributed by atoms with E-state index in [-0.39, 0.29) is 17.2 Å². The minimum Gasteiger partial charge on any atom is -0.308 e. The van der Waals surface area contributed by atoms with Gasteiger partial charge >= 0.3 is 12.4 Å². The van der Waals surface area contributed by atoms with Crippen LogP contribution in [0, 0.1) is 36.5 Å². The fraction of sp³-hybridized carbons (Fsp3) is 0.0741. The van der Waals surface area contributed by atoms with Crippen LogP contribution in [0.3, 0.4) is 0 Å². The number of nitriles is 2. The molecule has 0 atom stereocenters. The summed E-state index contributed by atoms with van der Waals surface area (Å²) in [6.45, 7) is 4.12. The van der Waals surface area contributed by atoms with Crippen LogP contribution in [0.25, 0.3) is 88.4 Å². The Balaban J connectivity index is 1.34. The van der Waals surface area contributed by atoms with Gasteiger partial charge in [-0.15, -0.1) is 0 Å². The third-order valence-electron chi connectivity index (χ3n) is 12.0. The smallest absolute Gasteiger partial charge is 0.308 e. The van der Waals surface area contributed by atoms with Gasteiger partial charge < -0.3 is 9.13 Å². The summed E-state index contributed by atoms with van der Waals surface area (Å²) in [6, 6.07) is 49.7. The van der Waals surface area contributed by atoms with Gasteiger partial charge in [-0.25, -0.2) is 0 Å². The number of aromatic nitrogens is 2. The number of hydrogen-bond acceptors (Lipinski definition) is 2. The first-order chi connectivity index (χ1) is 30.7. The molecule has 310 valence electrons.